The molecule has 0 aromatic carbocycles. The molecule has 0 saturated carbocycles. The Morgan fingerprint density at radius 3 is 3.00 bits per heavy atom. The highest BCUT2D eigenvalue weighted by Crippen LogP contribution is 2.00. The van der Waals surface area contributed by atoms with Crippen LogP contribution in [-0.2, 0) is 4.74 Å². The zero-order chi connectivity index (χ0) is 12.1. The number of H-pyrrole nitrogens is 1. The molecule has 2 rings (SSSR count). The molecule has 4 N–H and O–H groups in total. The first-order valence-corrected chi connectivity index (χ1v) is 5.65. The SMILES string of the molecule is Nc1cc(C(=O)NCCN2CCOCC2)[nH]n1. The van der Waals surface area contributed by atoms with Crippen molar-refractivity contribution in [1.82, 2.24) is 20.4 Å². The Hall–Kier alpha value is -1.60. The smallest absolute Gasteiger partial charge is 0.269 e. The number of amides is 1. The van der Waals surface area contributed by atoms with Gasteiger partial charge in [-0.3, -0.25) is 14.8 Å². The molecule has 1 aromatic heterocycles. The minimum absolute atomic E-state index is 0.178. The number of ether oxygens (including phenoxy) is 1. The lowest BCUT2D eigenvalue weighted by atomic mass is 10.3. The molecular formula is C10H17N5O2. The minimum atomic E-state index is -0.178. The van der Waals surface area contributed by atoms with Gasteiger partial charge in [0, 0.05) is 32.2 Å². The third-order valence-corrected chi connectivity index (χ3v) is 2.66. The summed E-state index contributed by atoms with van der Waals surface area (Å²) in [7, 11) is 0. The van der Waals surface area contributed by atoms with Gasteiger partial charge in [0.1, 0.15) is 11.5 Å². The second-order valence-corrected chi connectivity index (χ2v) is 3.92. The normalized spacial score (nSPS) is 16.9. The molecule has 1 aromatic rings. The number of morpholine rings is 1. The Bertz CT molecular complexity index is 373. The number of hydrogen-bond acceptors (Lipinski definition) is 5. The summed E-state index contributed by atoms with van der Waals surface area (Å²) >= 11 is 0. The van der Waals surface area contributed by atoms with Crippen LogP contribution in [0.25, 0.3) is 0 Å². The van der Waals surface area contributed by atoms with Crippen LogP contribution < -0.4 is 11.1 Å². The van der Waals surface area contributed by atoms with E-state index in [1.54, 1.807) is 0 Å². The van der Waals surface area contributed by atoms with E-state index in [0.29, 0.717) is 18.1 Å². The first-order chi connectivity index (χ1) is 8.25. The largest absolute Gasteiger partial charge is 0.382 e. The van der Waals surface area contributed by atoms with Crippen LogP contribution in [0.4, 0.5) is 5.82 Å². The predicted octanol–water partition coefficient (Wildman–Crippen LogP) is -0.946. The molecule has 2 heterocycles. The van der Waals surface area contributed by atoms with E-state index in [4.69, 9.17) is 10.5 Å². The van der Waals surface area contributed by atoms with E-state index in [2.05, 4.69) is 20.4 Å². The fraction of sp³-hybridized carbons (Fsp3) is 0.600. The van der Waals surface area contributed by atoms with E-state index in [-0.39, 0.29) is 5.91 Å². The van der Waals surface area contributed by atoms with Gasteiger partial charge in [-0.1, -0.05) is 0 Å². The number of aromatic amines is 1. The summed E-state index contributed by atoms with van der Waals surface area (Å²) in [4.78, 5) is 13.9. The van der Waals surface area contributed by atoms with E-state index >= 15 is 0 Å². The summed E-state index contributed by atoms with van der Waals surface area (Å²) in [6.07, 6.45) is 0. The Morgan fingerprint density at radius 2 is 2.35 bits per heavy atom. The van der Waals surface area contributed by atoms with Crippen LogP contribution in [0.5, 0.6) is 0 Å². The quantitative estimate of drug-likeness (QED) is 0.630. The number of carbonyl (C=O) groups is 1. The predicted molar refractivity (Wildman–Crippen MR) is 62.6 cm³/mol. The van der Waals surface area contributed by atoms with Gasteiger partial charge in [0.25, 0.3) is 5.91 Å². The Kier molecular flexibility index (Phi) is 3.94. The molecule has 7 nitrogen and oxygen atoms in total. The summed E-state index contributed by atoms with van der Waals surface area (Å²) in [6.45, 7) is 4.83. The fourth-order valence-corrected chi connectivity index (χ4v) is 1.70. The number of rotatable bonds is 4. The van der Waals surface area contributed by atoms with Crippen molar-refractivity contribution in [3.05, 3.63) is 11.8 Å². The number of nitrogens with one attached hydrogen (secondary N) is 2. The number of nitrogens with two attached hydrogens (primary N) is 1. The number of nitrogen functional groups attached to an aromatic ring is 1. The van der Waals surface area contributed by atoms with E-state index in [9.17, 15) is 4.79 Å². The Labute approximate surface area is 99.3 Å². The van der Waals surface area contributed by atoms with Crippen molar-refractivity contribution in [2.45, 2.75) is 0 Å². The zero-order valence-corrected chi connectivity index (χ0v) is 9.61. The van der Waals surface area contributed by atoms with Crippen molar-refractivity contribution >= 4 is 11.7 Å². The molecule has 1 aliphatic rings. The van der Waals surface area contributed by atoms with Gasteiger partial charge in [-0.15, -0.1) is 0 Å². The van der Waals surface area contributed by atoms with Crippen LogP contribution in [0.1, 0.15) is 10.5 Å². The maximum absolute atomic E-state index is 11.6. The van der Waals surface area contributed by atoms with Crippen molar-refractivity contribution in [2.75, 3.05) is 45.1 Å². The second-order valence-electron chi connectivity index (χ2n) is 3.92. The summed E-state index contributed by atoms with van der Waals surface area (Å²) in [6, 6.07) is 1.52. The van der Waals surface area contributed by atoms with Crippen LogP contribution >= 0.6 is 0 Å². The van der Waals surface area contributed by atoms with Gasteiger partial charge in [0.2, 0.25) is 0 Å². The lowest BCUT2D eigenvalue weighted by molar-refractivity contribution is 0.0383. The molecule has 0 radical (unpaired) electrons. The minimum Gasteiger partial charge on any atom is -0.382 e. The first kappa shape index (κ1) is 11.9. The molecule has 1 fully saturated rings. The monoisotopic (exact) mass is 239 g/mol. The van der Waals surface area contributed by atoms with Gasteiger partial charge in [-0.25, -0.2) is 0 Å². The Morgan fingerprint density at radius 1 is 1.59 bits per heavy atom. The van der Waals surface area contributed by atoms with Crippen LogP contribution in [-0.4, -0.2) is 60.4 Å². The lowest BCUT2D eigenvalue weighted by Crippen LogP contribution is -2.41. The summed E-state index contributed by atoms with van der Waals surface area (Å²) in [5, 5.41) is 9.08. The molecule has 0 atom stereocenters. The van der Waals surface area contributed by atoms with Crippen molar-refractivity contribution < 1.29 is 9.53 Å². The zero-order valence-electron chi connectivity index (χ0n) is 9.61. The van der Waals surface area contributed by atoms with Gasteiger partial charge >= 0.3 is 0 Å². The van der Waals surface area contributed by atoms with E-state index in [1.807, 2.05) is 0 Å². The third-order valence-electron chi connectivity index (χ3n) is 2.66. The van der Waals surface area contributed by atoms with Gasteiger partial charge in [0.15, 0.2) is 0 Å². The summed E-state index contributed by atoms with van der Waals surface area (Å²) in [5.74, 6) is 0.144. The van der Waals surface area contributed by atoms with E-state index < -0.39 is 0 Å². The van der Waals surface area contributed by atoms with Crippen LogP contribution in [0.15, 0.2) is 6.07 Å². The highest BCUT2D eigenvalue weighted by Gasteiger charge is 2.11. The number of nitrogens with zero attached hydrogens (tertiary/aromatic N) is 2. The molecule has 0 aliphatic carbocycles. The molecule has 1 amide bonds. The number of aromatic nitrogens is 2. The van der Waals surface area contributed by atoms with Crippen LogP contribution in [0, 0.1) is 0 Å². The highest BCUT2D eigenvalue weighted by atomic mass is 16.5. The average Bonchev–Trinajstić information content (AvgIpc) is 2.77. The van der Waals surface area contributed by atoms with E-state index in [1.165, 1.54) is 6.07 Å². The number of anilines is 1. The molecule has 0 spiro atoms. The number of hydrogen-bond donors (Lipinski definition) is 3. The molecule has 17 heavy (non-hydrogen) atoms. The number of carbonyl (C=O) groups excluding carboxylic acids is 1. The van der Waals surface area contributed by atoms with Gasteiger partial charge in [-0.05, 0) is 0 Å². The standard InChI is InChI=1S/C10H17N5O2/c11-9-7-8(13-14-9)10(16)12-1-2-15-3-5-17-6-4-15/h7H,1-6H2,(H,12,16)(H3,11,13,14). The molecule has 94 valence electrons. The molecule has 0 unspecified atom stereocenters. The van der Waals surface area contributed by atoms with E-state index in [0.717, 1.165) is 32.8 Å². The van der Waals surface area contributed by atoms with Gasteiger partial charge in [-0.2, -0.15) is 5.10 Å². The summed E-state index contributed by atoms with van der Waals surface area (Å²) < 4.78 is 5.24. The summed E-state index contributed by atoms with van der Waals surface area (Å²) in [5.41, 5.74) is 5.81. The van der Waals surface area contributed by atoms with Crippen molar-refractivity contribution in [3.63, 3.8) is 0 Å². The molecule has 7 heteroatoms. The van der Waals surface area contributed by atoms with Crippen LogP contribution in [0.2, 0.25) is 0 Å². The molecule has 0 bridgehead atoms. The second kappa shape index (κ2) is 5.65. The Balaban J connectivity index is 1.69. The molecular weight excluding hydrogens is 222 g/mol. The molecule has 1 saturated heterocycles. The molecule has 1 aliphatic heterocycles. The van der Waals surface area contributed by atoms with Crippen molar-refractivity contribution in [1.29, 1.82) is 0 Å². The first-order valence-electron chi connectivity index (χ1n) is 5.65. The topological polar surface area (TPSA) is 96.3 Å². The van der Waals surface area contributed by atoms with Gasteiger partial charge < -0.3 is 15.8 Å². The van der Waals surface area contributed by atoms with Gasteiger partial charge in [0.05, 0.1) is 13.2 Å². The maximum atomic E-state index is 11.6. The van der Waals surface area contributed by atoms with Crippen molar-refractivity contribution in [3.8, 4) is 0 Å². The third kappa shape index (κ3) is 3.43. The van der Waals surface area contributed by atoms with Crippen LogP contribution in [0.3, 0.4) is 0 Å². The lowest BCUT2D eigenvalue weighted by Gasteiger charge is -2.26. The average molecular weight is 239 g/mol. The highest BCUT2D eigenvalue weighted by molar-refractivity contribution is 5.92. The maximum Gasteiger partial charge on any atom is 0.269 e. The van der Waals surface area contributed by atoms with Crippen molar-refractivity contribution in [2.24, 2.45) is 0 Å². The fourth-order valence-electron chi connectivity index (χ4n) is 1.70.